The van der Waals surface area contributed by atoms with Crippen molar-refractivity contribution in [3.63, 3.8) is 0 Å². The lowest BCUT2D eigenvalue weighted by Crippen LogP contribution is -2.12. The molecule has 0 spiro atoms. The second-order valence-electron chi connectivity index (χ2n) is 3.80. The molecule has 1 aliphatic heterocycles. The van der Waals surface area contributed by atoms with Crippen molar-refractivity contribution in [3.8, 4) is 0 Å². The number of rotatable bonds is 0. The van der Waals surface area contributed by atoms with Crippen LogP contribution in [0, 0.1) is 5.41 Å². The molecule has 0 radical (unpaired) electrons. The van der Waals surface area contributed by atoms with Crippen LogP contribution in [0.15, 0.2) is 11.6 Å². The van der Waals surface area contributed by atoms with Crippen LogP contribution in [0.4, 0.5) is 0 Å². The monoisotopic (exact) mass is 156 g/mol. The molecule has 1 heteroatoms. The first-order valence-corrected chi connectivity index (χ1v) is 5.03. The Labute approximate surface area is 68.1 Å². The van der Waals surface area contributed by atoms with E-state index in [1.165, 1.54) is 17.9 Å². The van der Waals surface area contributed by atoms with Crippen LogP contribution in [0.25, 0.3) is 0 Å². The van der Waals surface area contributed by atoms with E-state index in [0.717, 1.165) is 0 Å². The molecule has 10 heavy (non-hydrogen) atoms. The van der Waals surface area contributed by atoms with Crippen molar-refractivity contribution in [2.24, 2.45) is 5.41 Å². The summed E-state index contributed by atoms with van der Waals surface area (Å²) in [5, 5.41) is 0. The van der Waals surface area contributed by atoms with E-state index < -0.39 is 0 Å². The summed E-state index contributed by atoms with van der Waals surface area (Å²) in [6.45, 7) is 6.90. The molecular formula is C9H16S. The van der Waals surface area contributed by atoms with Crippen LogP contribution in [-0.2, 0) is 0 Å². The Balaban J connectivity index is 2.62. The van der Waals surface area contributed by atoms with Gasteiger partial charge in [-0.05, 0) is 17.6 Å². The number of thioether (sulfide) groups is 1. The average Bonchev–Trinajstić information content (AvgIpc) is 1.88. The molecule has 0 amide bonds. The van der Waals surface area contributed by atoms with E-state index in [1.54, 1.807) is 5.57 Å². The van der Waals surface area contributed by atoms with Gasteiger partial charge in [0.05, 0.1) is 0 Å². The van der Waals surface area contributed by atoms with Gasteiger partial charge in [0.25, 0.3) is 0 Å². The molecule has 0 aromatic heterocycles. The van der Waals surface area contributed by atoms with Gasteiger partial charge in [0.15, 0.2) is 0 Å². The molecule has 0 saturated heterocycles. The smallest absolute Gasteiger partial charge is 0.0116 e. The van der Waals surface area contributed by atoms with Gasteiger partial charge in [-0.25, -0.2) is 0 Å². The van der Waals surface area contributed by atoms with Gasteiger partial charge < -0.3 is 0 Å². The Bertz CT molecular complexity index is 139. The van der Waals surface area contributed by atoms with Crippen LogP contribution in [0.5, 0.6) is 0 Å². The summed E-state index contributed by atoms with van der Waals surface area (Å²) < 4.78 is 0. The van der Waals surface area contributed by atoms with Crippen LogP contribution in [0.2, 0.25) is 0 Å². The first-order valence-electron chi connectivity index (χ1n) is 3.88. The van der Waals surface area contributed by atoms with E-state index in [-0.39, 0.29) is 0 Å². The van der Waals surface area contributed by atoms with E-state index in [0.29, 0.717) is 5.41 Å². The molecule has 0 fully saturated rings. The highest BCUT2D eigenvalue weighted by Gasteiger charge is 2.17. The van der Waals surface area contributed by atoms with Crippen molar-refractivity contribution < 1.29 is 0 Å². The topological polar surface area (TPSA) is 0 Å². The molecule has 0 nitrogen and oxygen atoms in total. The fraction of sp³-hybridized carbons (Fsp3) is 0.778. The minimum Gasteiger partial charge on any atom is -0.158 e. The second-order valence-corrected chi connectivity index (χ2v) is 4.95. The van der Waals surface area contributed by atoms with Gasteiger partial charge in [-0.15, -0.1) is 0 Å². The van der Waals surface area contributed by atoms with E-state index >= 15 is 0 Å². The standard InChI is InChI=1S/C9H16S/c1-9(2,3)8-4-6-10-7-5-8/h4H,5-7H2,1-3H3. The van der Waals surface area contributed by atoms with Crippen LogP contribution in [-0.4, -0.2) is 11.5 Å². The fourth-order valence-corrected chi connectivity index (χ4v) is 2.06. The van der Waals surface area contributed by atoms with Gasteiger partial charge >= 0.3 is 0 Å². The maximum Gasteiger partial charge on any atom is 0.0116 e. The molecule has 0 aromatic carbocycles. The highest BCUT2D eigenvalue weighted by molar-refractivity contribution is 7.99. The minimum atomic E-state index is 0.418. The quantitative estimate of drug-likeness (QED) is 0.486. The lowest BCUT2D eigenvalue weighted by Gasteiger charge is -2.25. The number of hydrogen-bond acceptors (Lipinski definition) is 1. The Kier molecular flexibility index (Phi) is 2.45. The molecule has 1 aliphatic rings. The summed E-state index contributed by atoms with van der Waals surface area (Å²) in [7, 11) is 0. The van der Waals surface area contributed by atoms with Gasteiger partial charge in [-0.2, -0.15) is 11.8 Å². The largest absolute Gasteiger partial charge is 0.158 e. The van der Waals surface area contributed by atoms with Crippen LogP contribution < -0.4 is 0 Å². The Morgan fingerprint density at radius 3 is 2.40 bits per heavy atom. The highest BCUT2D eigenvalue weighted by Crippen LogP contribution is 2.31. The highest BCUT2D eigenvalue weighted by atomic mass is 32.2. The summed E-state index contributed by atoms with van der Waals surface area (Å²) in [5.74, 6) is 2.55. The molecule has 0 N–H and O–H groups in total. The van der Waals surface area contributed by atoms with E-state index in [9.17, 15) is 0 Å². The summed E-state index contributed by atoms with van der Waals surface area (Å²) in [6.07, 6.45) is 3.70. The Morgan fingerprint density at radius 2 is 2.10 bits per heavy atom. The lowest BCUT2D eigenvalue weighted by molar-refractivity contribution is 0.487. The lowest BCUT2D eigenvalue weighted by atomic mass is 9.85. The first kappa shape index (κ1) is 8.19. The molecule has 0 aromatic rings. The average molecular weight is 156 g/mol. The minimum absolute atomic E-state index is 0.418. The van der Waals surface area contributed by atoms with Gasteiger partial charge in [-0.1, -0.05) is 32.4 Å². The second kappa shape index (κ2) is 3.00. The molecule has 0 saturated carbocycles. The predicted molar refractivity (Wildman–Crippen MR) is 49.5 cm³/mol. The van der Waals surface area contributed by atoms with Gasteiger partial charge in [0.2, 0.25) is 0 Å². The third-order valence-corrected chi connectivity index (χ3v) is 2.82. The summed E-state index contributed by atoms with van der Waals surface area (Å²) >= 11 is 2.04. The summed E-state index contributed by atoms with van der Waals surface area (Å²) in [4.78, 5) is 0. The van der Waals surface area contributed by atoms with Crippen molar-refractivity contribution in [2.75, 3.05) is 11.5 Å². The zero-order valence-corrected chi connectivity index (χ0v) is 7.92. The molecule has 0 unspecified atom stereocenters. The Hall–Kier alpha value is 0.0900. The van der Waals surface area contributed by atoms with Crippen LogP contribution >= 0.6 is 11.8 Å². The molecule has 0 atom stereocenters. The third kappa shape index (κ3) is 2.05. The van der Waals surface area contributed by atoms with E-state index in [2.05, 4.69) is 26.8 Å². The summed E-state index contributed by atoms with van der Waals surface area (Å²) in [5.41, 5.74) is 2.06. The molecule has 1 rings (SSSR count). The maximum atomic E-state index is 2.40. The van der Waals surface area contributed by atoms with Gasteiger partial charge in [0.1, 0.15) is 0 Å². The number of hydrogen-bond donors (Lipinski definition) is 0. The molecule has 58 valence electrons. The molecule has 0 aliphatic carbocycles. The predicted octanol–water partition coefficient (Wildman–Crippen LogP) is 3.10. The van der Waals surface area contributed by atoms with Crippen LogP contribution in [0.1, 0.15) is 27.2 Å². The van der Waals surface area contributed by atoms with Crippen molar-refractivity contribution in [2.45, 2.75) is 27.2 Å². The molecular weight excluding hydrogens is 140 g/mol. The van der Waals surface area contributed by atoms with Crippen molar-refractivity contribution in [1.82, 2.24) is 0 Å². The van der Waals surface area contributed by atoms with Crippen molar-refractivity contribution in [1.29, 1.82) is 0 Å². The van der Waals surface area contributed by atoms with E-state index in [4.69, 9.17) is 0 Å². The first-order chi connectivity index (χ1) is 4.61. The number of allylic oxidation sites excluding steroid dienone is 1. The molecule has 0 bridgehead atoms. The van der Waals surface area contributed by atoms with Gasteiger partial charge in [-0.3, -0.25) is 0 Å². The van der Waals surface area contributed by atoms with Crippen molar-refractivity contribution >= 4 is 11.8 Å². The van der Waals surface area contributed by atoms with E-state index in [1.807, 2.05) is 11.8 Å². The van der Waals surface area contributed by atoms with Gasteiger partial charge in [0, 0.05) is 5.75 Å². The molecule has 1 heterocycles. The third-order valence-electron chi connectivity index (χ3n) is 1.93. The zero-order chi connectivity index (χ0) is 7.61. The SMILES string of the molecule is CC(C)(C)C1=CCSCC1. The Morgan fingerprint density at radius 1 is 1.40 bits per heavy atom. The normalized spacial score (nSPS) is 20.5. The van der Waals surface area contributed by atoms with Crippen molar-refractivity contribution in [3.05, 3.63) is 11.6 Å². The zero-order valence-electron chi connectivity index (χ0n) is 7.11. The summed E-state index contributed by atoms with van der Waals surface area (Å²) in [6, 6.07) is 0. The fourth-order valence-electron chi connectivity index (χ4n) is 1.21. The maximum absolute atomic E-state index is 2.40. The van der Waals surface area contributed by atoms with Crippen LogP contribution in [0.3, 0.4) is 0 Å².